The zero-order valence-corrected chi connectivity index (χ0v) is 8.57. The van der Waals surface area contributed by atoms with Crippen molar-refractivity contribution in [1.82, 2.24) is 0 Å². The van der Waals surface area contributed by atoms with E-state index in [1.165, 1.54) is 0 Å². The zero-order valence-electron chi connectivity index (χ0n) is 8.57. The molecule has 1 aliphatic carbocycles. The predicted octanol–water partition coefficient (Wildman–Crippen LogP) is 3.68. The minimum absolute atomic E-state index is 0.152. The molecule has 0 radical (unpaired) electrons. The monoisotopic (exact) mass is 257 g/mol. The van der Waals surface area contributed by atoms with Gasteiger partial charge < -0.3 is 4.99 Å². The summed E-state index contributed by atoms with van der Waals surface area (Å²) in [5.74, 6) is -0.911. The van der Waals surface area contributed by atoms with Crippen LogP contribution >= 0.6 is 0 Å². The quantitative estimate of drug-likeness (QED) is 0.528. The van der Waals surface area contributed by atoms with Crippen LogP contribution in [0.5, 0.6) is 0 Å². The number of nitrogens with zero attached hydrogens (tertiary/aromatic N) is 1. The summed E-state index contributed by atoms with van der Waals surface area (Å²) in [6.45, 7) is 2.91. The highest BCUT2D eigenvalue weighted by Gasteiger charge is 2.41. The number of rotatable bonds is 2. The zero-order chi connectivity index (χ0) is 13.3. The summed E-state index contributed by atoms with van der Waals surface area (Å²) in [5.41, 5.74) is -2.45. The summed E-state index contributed by atoms with van der Waals surface area (Å²) < 4.78 is 74.4. The molecule has 0 saturated heterocycles. The first-order chi connectivity index (χ1) is 7.64. The summed E-state index contributed by atoms with van der Waals surface area (Å²) in [6, 6.07) is 0. The number of aliphatic imine (C=N–C) groups is 1. The molecule has 0 aromatic rings. The Morgan fingerprint density at radius 2 is 1.76 bits per heavy atom. The van der Waals surface area contributed by atoms with Crippen LogP contribution in [-0.2, 0) is 0 Å². The van der Waals surface area contributed by atoms with E-state index in [1.807, 2.05) is 0 Å². The van der Waals surface area contributed by atoms with E-state index in [9.17, 15) is 26.3 Å². The van der Waals surface area contributed by atoms with Gasteiger partial charge in [-0.25, -0.2) is 0 Å². The highest BCUT2D eigenvalue weighted by atomic mass is 19.4. The Hall–Kier alpha value is -1.27. The lowest BCUT2D eigenvalue weighted by Crippen LogP contribution is -2.23. The Labute approximate surface area is 93.5 Å². The second-order valence-corrected chi connectivity index (χ2v) is 3.66. The molecule has 0 spiro atoms. The van der Waals surface area contributed by atoms with Gasteiger partial charge in [0.1, 0.15) is 0 Å². The fraction of sp³-hybridized carbons (Fsp3) is 0.500. The molecule has 17 heavy (non-hydrogen) atoms. The normalized spacial score (nSPS) is 21.9. The summed E-state index contributed by atoms with van der Waals surface area (Å²) >= 11 is 0. The van der Waals surface area contributed by atoms with E-state index in [0.29, 0.717) is 0 Å². The van der Waals surface area contributed by atoms with Crippen molar-refractivity contribution in [2.24, 2.45) is 10.9 Å². The highest BCUT2D eigenvalue weighted by Crippen LogP contribution is 2.39. The molecule has 1 atom stereocenters. The van der Waals surface area contributed by atoms with Crippen molar-refractivity contribution < 1.29 is 26.3 Å². The van der Waals surface area contributed by atoms with Crippen LogP contribution in [0.15, 0.2) is 28.3 Å². The van der Waals surface area contributed by atoms with Crippen molar-refractivity contribution in [3.63, 3.8) is 0 Å². The van der Waals surface area contributed by atoms with E-state index >= 15 is 0 Å². The minimum atomic E-state index is -4.78. The van der Waals surface area contributed by atoms with Gasteiger partial charge in [0.15, 0.2) is 0 Å². The van der Waals surface area contributed by atoms with E-state index in [4.69, 9.17) is 0 Å². The third-order valence-electron chi connectivity index (χ3n) is 2.28. The molecule has 0 amide bonds. The van der Waals surface area contributed by atoms with Crippen molar-refractivity contribution >= 4 is 6.72 Å². The van der Waals surface area contributed by atoms with Crippen molar-refractivity contribution in [3.05, 3.63) is 23.3 Å². The standard InChI is InChI=1S/C10H9F6N/c1-17-5-6-2-7(9(11,12)13)4-8(3-6)10(14,15)16/h2,4,6H,1,3,5H2. The molecule has 0 fully saturated rings. The molecule has 0 saturated carbocycles. The molecule has 1 nitrogen and oxygen atoms in total. The Morgan fingerprint density at radius 1 is 1.18 bits per heavy atom. The van der Waals surface area contributed by atoms with Gasteiger partial charge in [-0.15, -0.1) is 0 Å². The molecular weight excluding hydrogens is 248 g/mol. The van der Waals surface area contributed by atoms with E-state index in [-0.39, 0.29) is 12.6 Å². The number of hydrogen-bond donors (Lipinski definition) is 0. The second kappa shape index (κ2) is 4.54. The lowest BCUT2D eigenvalue weighted by Gasteiger charge is -2.23. The molecule has 0 aliphatic heterocycles. The largest absolute Gasteiger partial charge is 0.416 e. The predicted molar refractivity (Wildman–Crippen MR) is 50.8 cm³/mol. The van der Waals surface area contributed by atoms with E-state index in [2.05, 4.69) is 11.7 Å². The molecule has 0 aromatic carbocycles. The Morgan fingerprint density at radius 3 is 2.18 bits per heavy atom. The van der Waals surface area contributed by atoms with Gasteiger partial charge >= 0.3 is 12.4 Å². The van der Waals surface area contributed by atoms with Crippen molar-refractivity contribution in [1.29, 1.82) is 0 Å². The highest BCUT2D eigenvalue weighted by molar-refractivity contribution is 5.35. The van der Waals surface area contributed by atoms with Crippen LogP contribution < -0.4 is 0 Å². The smallest absolute Gasteiger partial charge is 0.300 e. The summed E-state index contributed by atoms with van der Waals surface area (Å²) in [7, 11) is 0. The maximum Gasteiger partial charge on any atom is 0.416 e. The van der Waals surface area contributed by atoms with E-state index in [0.717, 1.165) is 6.08 Å². The molecule has 0 bridgehead atoms. The van der Waals surface area contributed by atoms with Crippen molar-refractivity contribution in [3.8, 4) is 0 Å². The van der Waals surface area contributed by atoms with Gasteiger partial charge in [-0.2, -0.15) is 26.3 Å². The Bertz CT molecular complexity index is 360. The van der Waals surface area contributed by atoms with Gasteiger partial charge in [0.25, 0.3) is 0 Å². The first kappa shape index (κ1) is 13.8. The number of hydrogen-bond acceptors (Lipinski definition) is 1. The maximum atomic E-state index is 12.4. The minimum Gasteiger partial charge on any atom is -0.300 e. The van der Waals surface area contributed by atoms with Crippen LogP contribution in [0.3, 0.4) is 0 Å². The summed E-state index contributed by atoms with van der Waals surface area (Å²) in [4.78, 5) is 3.34. The van der Waals surface area contributed by atoms with Gasteiger partial charge in [0.05, 0.1) is 5.57 Å². The SMILES string of the molecule is C=NCC1C=C(C(F)(F)F)C=C(C(F)(F)F)C1. The van der Waals surface area contributed by atoms with Crippen LogP contribution in [0.1, 0.15) is 6.42 Å². The topological polar surface area (TPSA) is 12.4 Å². The lowest BCUT2D eigenvalue weighted by molar-refractivity contribution is -0.0998. The van der Waals surface area contributed by atoms with Crippen LogP contribution in [0.2, 0.25) is 0 Å². The number of halogens is 6. The van der Waals surface area contributed by atoms with Crippen LogP contribution in [0.4, 0.5) is 26.3 Å². The molecule has 0 N–H and O–H groups in total. The van der Waals surface area contributed by atoms with Gasteiger partial charge in [-0.05, 0) is 19.2 Å². The van der Waals surface area contributed by atoms with Gasteiger partial charge in [0, 0.05) is 18.0 Å². The average molecular weight is 257 g/mol. The third kappa shape index (κ3) is 3.61. The number of allylic oxidation sites excluding steroid dienone is 3. The number of alkyl halides is 6. The molecule has 0 heterocycles. The maximum absolute atomic E-state index is 12.4. The van der Waals surface area contributed by atoms with Crippen LogP contribution in [0.25, 0.3) is 0 Å². The first-order valence-corrected chi connectivity index (χ1v) is 4.64. The molecule has 0 aromatic heterocycles. The van der Waals surface area contributed by atoms with Gasteiger partial charge in [-0.1, -0.05) is 6.08 Å². The van der Waals surface area contributed by atoms with Crippen molar-refractivity contribution in [2.45, 2.75) is 18.8 Å². The molecule has 1 rings (SSSR count). The first-order valence-electron chi connectivity index (χ1n) is 4.64. The molecule has 1 unspecified atom stereocenters. The lowest BCUT2D eigenvalue weighted by atomic mass is 9.89. The third-order valence-corrected chi connectivity index (χ3v) is 2.28. The Kier molecular flexibility index (Phi) is 3.68. The molecule has 1 aliphatic rings. The van der Waals surface area contributed by atoms with Crippen LogP contribution in [0, 0.1) is 5.92 Å². The average Bonchev–Trinajstić information content (AvgIpc) is 2.15. The fourth-order valence-electron chi connectivity index (χ4n) is 1.55. The van der Waals surface area contributed by atoms with E-state index in [1.54, 1.807) is 0 Å². The van der Waals surface area contributed by atoms with E-state index < -0.39 is 35.8 Å². The molecule has 7 heteroatoms. The van der Waals surface area contributed by atoms with Crippen LogP contribution in [-0.4, -0.2) is 25.6 Å². The van der Waals surface area contributed by atoms with Crippen molar-refractivity contribution in [2.75, 3.05) is 6.54 Å². The summed E-state index contributed by atoms with van der Waals surface area (Å²) in [6.07, 6.45) is -9.11. The molecular formula is C10H9F6N. The van der Waals surface area contributed by atoms with Gasteiger partial charge in [0.2, 0.25) is 0 Å². The molecule has 96 valence electrons. The fourth-order valence-corrected chi connectivity index (χ4v) is 1.55. The summed E-state index contributed by atoms with van der Waals surface area (Å²) in [5, 5.41) is 0. The van der Waals surface area contributed by atoms with Gasteiger partial charge in [-0.3, -0.25) is 0 Å². The second-order valence-electron chi connectivity index (χ2n) is 3.66. The Balaban J connectivity index is 3.08.